The summed E-state index contributed by atoms with van der Waals surface area (Å²) in [5, 5.41) is 11.5. The summed E-state index contributed by atoms with van der Waals surface area (Å²) in [6.07, 6.45) is 5.01. The van der Waals surface area contributed by atoms with Gasteiger partial charge in [-0.15, -0.1) is 0 Å². The van der Waals surface area contributed by atoms with Gasteiger partial charge in [-0.05, 0) is 24.3 Å². The molecule has 1 aromatic carbocycles. The number of amides is 1. The Morgan fingerprint density at radius 2 is 1.52 bits per heavy atom. The number of carbonyl (C=O) groups excluding carboxylic acids is 3. The maximum Gasteiger partial charge on any atom is 0.178 e. The van der Waals surface area contributed by atoms with E-state index in [2.05, 4.69) is 5.32 Å². The molecule has 1 amide bonds. The van der Waals surface area contributed by atoms with Crippen LogP contribution in [0, 0.1) is 0 Å². The maximum atomic E-state index is 11.1. The van der Waals surface area contributed by atoms with Gasteiger partial charge in [-0.2, -0.15) is 0 Å². The second-order valence-corrected chi connectivity index (χ2v) is 7.66. The van der Waals surface area contributed by atoms with Crippen molar-refractivity contribution in [2.24, 2.45) is 0 Å². The molecular weight excluding hydrogens is 369 g/mol. The van der Waals surface area contributed by atoms with Gasteiger partial charge in [0, 0.05) is 0 Å². The van der Waals surface area contributed by atoms with Crippen LogP contribution < -0.4 is 9.67 Å². The summed E-state index contributed by atoms with van der Waals surface area (Å²) >= 11 is -5.14. The second kappa shape index (κ2) is 7.73. The normalized spacial score (nSPS) is 13.3. The number of rotatable bonds is 2. The summed E-state index contributed by atoms with van der Waals surface area (Å²) in [5.41, 5.74) is -0.225. The Kier molecular flexibility index (Phi) is 6.26. The first-order valence-electron chi connectivity index (χ1n) is 6.21. The van der Waals surface area contributed by atoms with E-state index in [4.69, 9.17) is 8.19 Å². The van der Waals surface area contributed by atoms with Crippen LogP contribution in [-0.2, 0) is 18.1 Å². The van der Waals surface area contributed by atoms with E-state index in [9.17, 15) is 23.2 Å². The number of allylic oxidation sites excluding steroid dienone is 4. The first-order chi connectivity index (χ1) is 10.6. The van der Waals surface area contributed by atoms with Crippen molar-refractivity contribution in [1.29, 1.82) is 0 Å². The van der Waals surface area contributed by atoms with Gasteiger partial charge in [-0.3, -0.25) is 9.59 Å². The number of para-hydroxylation sites is 1. The number of benzene rings is 1. The van der Waals surface area contributed by atoms with E-state index in [1.54, 1.807) is 0 Å². The van der Waals surface area contributed by atoms with E-state index in [1.165, 1.54) is 49.4 Å². The van der Waals surface area contributed by atoms with Gasteiger partial charge in [0.15, 0.2) is 11.6 Å². The molecule has 4 N–H and O–H groups in total. The predicted molar refractivity (Wildman–Crippen MR) is 81.2 cm³/mol. The molecule has 8 nitrogen and oxygen atoms in total. The van der Waals surface area contributed by atoms with Gasteiger partial charge in [0.2, 0.25) is 0 Å². The fraction of sp³-hybridized carbons (Fsp3) is 0.0714. The average molecular weight is 383 g/mol. The van der Waals surface area contributed by atoms with Crippen molar-refractivity contribution in [2.75, 3.05) is 5.32 Å². The van der Waals surface area contributed by atoms with E-state index >= 15 is 0 Å². The van der Waals surface area contributed by atoms with E-state index in [1.807, 2.05) is 0 Å². The molecule has 0 heterocycles. The van der Waals surface area contributed by atoms with Crippen LogP contribution >= 0.6 is 0 Å². The van der Waals surface area contributed by atoms with Crippen LogP contribution in [0.25, 0.3) is 0 Å². The van der Waals surface area contributed by atoms with Crippen molar-refractivity contribution in [3.05, 3.63) is 42.5 Å². The number of carbonyl (C=O) groups is 3. The molecule has 0 unspecified atom stereocenters. The molecule has 1 aliphatic rings. The molecule has 0 saturated heterocycles. The number of phenols is 1. The zero-order chi connectivity index (χ0) is 17.6. The molecule has 122 valence electrons. The minimum atomic E-state index is -5.14. The third-order valence-electron chi connectivity index (χ3n) is 2.46. The summed E-state index contributed by atoms with van der Waals surface area (Å²) in [6, 6.07) is 3.71. The van der Waals surface area contributed by atoms with Crippen molar-refractivity contribution >= 4 is 41.7 Å². The molecule has 0 spiro atoms. The molecule has 1 aliphatic carbocycles. The van der Waals surface area contributed by atoms with Gasteiger partial charge in [-0.1, -0.05) is 0 Å². The molecule has 0 fully saturated rings. The predicted octanol–water partition coefficient (Wildman–Crippen LogP) is -0.838. The Hall–Kier alpha value is -2.41. The second-order valence-electron chi connectivity index (χ2n) is 4.37. The molecule has 2 rings (SSSR count). The molecule has 0 aromatic heterocycles. The molecule has 1 aromatic rings. The van der Waals surface area contributed by atoms with Gasteiger partial charge in [0.25, 0.3) is 0 Å². The fourth-order valence-electron chi connectivity index (χ4n) is 1.51. The zero-order valence-corrected chi connectivity index (χ0v) is 13.8. The van der Waals surface area contributed by atoms with Crippen LogP contribution in [0.1, 0.15) is 6.92 Å². The van der Waals surface area contributed by atoms with Gasteiger partial charge in [0.1, 0.15) is 0 Å². The summed E-state index contributed by atoms with van der Waals surface area (Å²) in [5.74, 6) is -1.12. The third kappa shape index (κ3) is 6.07. The Balaban J connectivity index is 0.000000277. The minimum Gasteiger partial charge on any atom is -0.290 e. The molecule has 0 bridgehead atoms. The van der Waals surface area contributed by atoms with Crippen LogP contribution in [0.5, 0.6) is 5.75 Å². The van der Waals surface area contributed by atoms with Crippen molar-refractivity contribution in [3.63, 3.8) is 0 Å². The quantitative estimate of drug-likeness (QED) is 0.297. The van der Waals surface area contributed by atoms with Crippen LogP contribution in [0.15, 0.2) is 42.5 Å². The largest absolute Gasteiger partial charge is 0.290 e. The smallest absolute Gasteiger partial charge is 0.178 e. The van der Waals surface area contributed by atoms with Gasteiger partial charge >= 0.3 is 88.1 Å². The number of anilines is 1. The van der Waals surface area contributed by atoms with E-state index in [0.29, 0.717) is 0 Å². The molecule has 0 aliphatic heterocycles. The molecular formula is C14H14AsNO7. The zero-order valence-electron chi connectivity index (χ0n) is 12.0. The van der Waals surface area contributed by atoms with E-state index in [0.717, 1.165) is 0 Å². The number of hydrogen-bond acceptors (Lipinski definition) is 5. The van der Waals surface area contributed by atoms with Crippen LogP contribution in [0.3, 0.4) is 0 Å². The SMILES string of the molecule is CC(=O)Nc1c(O)cccc1[As](=O)(O)O.O=C1C=CC(=O)C=C1. The number of phenolic OH excluding ortho intramolecular Hbond substituents is 1. The topological polar surface area (TPSA) is 141 Å². The van der Waals surface area contributed by atoms with E-state index in [-0.39, 0.29) is 27.4 Å². The van der Waals surface area contributed by atoms with Gasteiger partial charge in [-0.25, -0.2) is 0 Å². The average Bonchev–Trinajstić information content (AvgIpc) is 2.43. The standard InChI is InChI=1S/C8H10AsNO5.C6H4O2/c1-5(11)10-8-6(9(13,14)15)3-2-4-7(8)12;7-5-1-2-6(8)4-3-5/h2-4,12H,1H3,(H,10,11)(H2,13,14,15);1-4H. The third-order valence-corrected chi connectivity index (χ3v) is 4.56. The van der Waals surface area contributed by atoms with Crippen molar-refractivity contribution in [2.45, 2.75) is 6.92 Å². The summed E-state index contributed by atoms with van der Waals surface area (Å²) < 4.78 is 28.8. The number of hydrogen-bond donors (Lipinski definition) is 4. The Morgan fingerprint density at radius 1 is 1.04 bits per heavy atom. The van der Waals surface area contributed by atoms with E-state index < -0.39 is 20.1 Å². The molecule has 0 atom stereocenters. The number of aromatic hydroxyl groups is 1. The maximum absolute atomic E-state index is 11.1. The Bertz CT molecular complexity index is 707. The Morgan fingerprint density at radius 3 is 1.91 bits per heavy atom. The van der Waals surface area contributed by atoms with Crippen molar-refractivity contribution in [1.82, 2.24) is 0 Å². The van der Waals surface area contributed by atoms with Crippen LogP contribution in [-0.4, -0.2) is 44.9 Å². The fourth-order valence-corrected chi connectivity index (χ4v) is 3.07. The van der Waals surface area contributed by atoms with Gasteiger partial charge < -0.3 is 0 Å². The summed E-state index contributed by atoms with van der Waals surface area (Å²) in [6.45, 7) is 1.18. The molecule has 9 heteroatoms. The number of nitrogens with one attached hydrogen (secondary N) is 1. The first kappa shape index (κ1) is 18.6. The molecule has 23 heavy (non-hydrogen) atoms. The monoisotopic (exact) mass is 383 g/mol. The summed E-state index contributed by atoms with van der Waals surface area (Å²) in [7, 11) is 0. The minimum absolute atomic E-state index is 0.121. The van der Waals surface area contributed by atoms with Crippen LogP contribution in [0.4, 0.5) is 5.69 Å². The van der Waals surface area contributed by atoms with Crippen LogP contribution in [0.2, 0.25) is 0 Å². The summed E-state index contributed by atoms with van der Waals surface area (Å²) in [4.78, 5) is 31.3. The van der Waals surface area contributed by atoms with Crippen molar-refractivity contribution in [3.8, 4) is 5.75 Å². The molecule has 0 radical (unpaired) electrons. The Labute approximate surface area is 134 Å². The first-order valence-corrected chi connectivity index (χ1v) is 9.59. The number of ketones is 2. The molecule has 0 saturated carbocycles. The van der Waals surface area contributed by atoms with Gasteiger partial charge in [0.05, 0.1) is 0 Å². The van der Waals surface area contributed by atoms with Crippen molar-refractivity contribution < 1.29 is 31.4 Å².